The van der Waals surface area contributed by atoms with Crippen LogP contribution in [-0.4, -0.2) is 20.9 Å². The molecule has 1 aliphatic rings. The summed E-state index contributed by atoms with van der Waals surface area (Å²) in [5, 5.41) is 0. The lowest BCUT2D eigenvalue weighted by atomic mass is 10.3. The van der Waals surface area contributed by atoms with E-state index in [0.717, 1.165) is 12.8 Å². The van der Waals surface area contributed by atoms with Crippen molar-refractivity contribution in [1.29, 1.82) is 0 Å². The van der Waals surface area contributed by atoms with Gasteiger partial charge in [0, 0.05) is 13.2 Å². The molecule has 1 fully saturated rings. The van der Waals surface area contributed by atoms with Gasteiger partial charge >= 0.3 is 0 Å². The van der Waals surface area contributed by atoms with E-state index >= 15 is 0 Å². The molecule has 11 heavy (non-hydrogen) atoms. The van der Waals surface area contributed by atoms with E-state index in [1.807, 2.05) is 0 Å². The first-order chi connectivity index (χ1) is 5.14. The van der Waals surface area contributed by atoms with Gasteiger partial charge in [0.15, 0.2) is 0 Å². The van der Waals surface area contributed by atoms with Crippen molar-refractivity contribution in [1.82, 2.24) is 4.72 Å². The summed E-state index contributed by atoms with van der Waals surface area (Å²) in [7, 11) is -2.45. The van der Waals surface area contributed by atoms with Gasteiger partial charge in [0.2, 0.25) is 0 Å². The minimum Gasteiger partial charge on any atom is -0.286 e. The van der Waals surface area contributed by atoms with Crippen molar-refractivity contribution >= 4 is 10.8 Å². The SMILES string of the molecule is CCS(O)(O)NC1CCCC1.[HH]. The van der Waals surface area contributed by atoms with Gasteiger partial charge in [0.25, 0.3) is 0 Å². The minimum absolute atomic E-state index is 0. The molecule has 0 unspecified atom stereocenters. The maximum atomic E-state index is 9.31. The zero-order chi connectivity index (χ0) is 8.32. The van der Waals surface area contributed by atoms with E-state index in [1.165, 1.54) is 12.8 Å². The minimum atomic E-state index is -2.45. The molecule has 70 valence electrons. The summed E-state index contributed by atoms with van der Waals surface area (Å²) in [5.74, 6) is 0.420. The van der Waals surface area contributed by atoms with E-state index in [2.05, 4.69) is 4.72 Å². The predicted molar refractivity (Wildman–Crippen MR) is 50.9 cm³/mol. The molecule has 0 aromatic rings. The maximum absolute atomic E-state index is 9.31. The highest BCUT2D eigenvalue weighted by atomic mass is 32.3. The van der Waals surface area contributed by atoms with Crippen LogP contribution in [0.5, 0.6) is 0 Å². The lowest BCUT2D eigenvalue weighted by molar-refractivity contribution is 0.454. The van der Waals surface area contributed by atoms with Gasteiger partial charge in [-0.3, -0.25) is 9.11 Å². The lowest BCUT2D eigenvalue weighted by Gasteiger charge is -2.34. The fourth-order valence-electron chi connectivity index (χ4n) is 1.39. The summed E-state index contributed by atoms with van der Waals surface area (Å²) in [5.41, 5.74) is 0. The molecule has 3 N–H and O–H groups in total. The summed E-state index contributed by atoms with van der Waals surface area (Å²) < 4.78 is 21.5. The first-order valence-corrected chi connectivity index (χ1v) is 5.89. The quantitative estimate of drug-likeness (QED) is 0.627. The van der Waals surface area contributed by atoms with Crippen LogP contribution in [-0.2, 0) is 0 Å². The second kappa shape index (κ2) is 3.76. The molecule has 0 aromatic heterocycles. The van der Waals surface area contributed by atoms with Gasteiger partial charge in [0.05, 0.1) is 0 Å². The van der Waals surface area contributed by atoms with Gasteiger partial charge in [0.1, 0.15) is 0 Å². The summed E-state index contributed by atoms with van der Waals surface area (Å²) in [6, 6.07) is 0.347. The monoisotopic (exact) mass is 181 g/mol. The molecule has 1 rings (SSSR count). The van der Waals surface area contributed by atoms with Crippen molar-refractivity contribution in [2.75, 3.05) is 5.75 Å². The molecule has 0 spiro atoms. The molecule has 0 atom stereocenters. The molecule has 0 bridgehead atoms. The lowest BCUT2D eigenvalue weighted by Crippen LogP contribution is -2.30. The van der Waals surface area contributed by atoms with Crippen LogP contribution in [0.2, 0.25) is 0 Å². The molecule has 0 amide bonds. The van der Waals surface area contributed by atoms with Crippen LogP contribution in [0, 0.1) is 0 Å². The van der Waals surface area contributed by atoms with Gasteiger partial charge in [-0.1, -0.05) is 12.8 Å². The summed E-state index contributed by atoms with van der Waals surface area (Å²) in [6.07, 6.45) is 4.62. The average molecular weight is 181 g/mol. The third-order valence-corrected chi connectivity index (χ3v) is 3.63. The molecule has 4 heteroatoms. The van der Waals surface area contributed by atoms with Crippen molar-refractivity contribution in [2.45, 2.75) is 38.6 Å². The Morgan fingerprint density at radius 2 is 2.00 bits per heavy atom. The molecule has 0 heterocycles. The first kappa shape index (κ1) is 9.32. The second-order valence-electron chi connectivity index (χ2n) is 3.05. The van der Waals surface area contributed by atoms with E-state index < -0.39 is 10.8 Å². The molecular formula is C7H19NO2S. The molecule has 0 aliphatic heterocycles. The molecule has 1 saturated carbocycles. The van der Waals surface area contributed by atoms with E-state index in [9.17, 15) is 9.11 Å². The van der Waals surface area contributed by atoms with E-state index in [-0.39, 0.29) is 1.43 Å². The maximum Gasteiger partial charge on any atom is 0.0500 e. The highest BCUT2D eigenvalue weighted by Crippen LogP contribution is 2.35. The predicted octanol–water partition coefficient (Wildman–Crippen LogP) is 2.45. The summed E-state index contributed by atoms with van der Waals surface area (Å²) in [6.45, 7) is 1.79. The zero-order valence-electron chi connectivity index (χ0n) is 6.92. The Labute approximate surface area is 71.2 Å². The molecular weight excluding hydrogens is 162 g/mol. The van der Waals surface area contributed by atoms with Gasteiger partial charge in [-0.25, -0.2) is 4.72 Å². The Bertz CT molecular complexity index is 129. The standard InChI is InChI=1S/C7H17NO2S.H2/c1-2-11(9,10)8-7-5-3-4-6-7;/h7-10H,2-6H2,1H3;1H. The Kier molecular flexibility index (Phi) is 3.18. The van der Waals surface area contributed by atoms with Crippen LogP contribution in [0.15, 0.2) is 0 Å². The van der Waals surface area contributed by atoms with Crippen LogP contribution in [0.3, 0.4) is 0 Å². The average Bonchev–Trinajstić information content (AvgIpc) is 2.39. The van der Waals surface area contributed by atoms with Crippen molar-refractivity contribution < 1.29 is 10.5 Å². The van der Waals surface area contributed by atoms with E-state index in [0.29, 0.717) is 11.8 Å². The summed E-state index contributed by atoms with van der Waals surface area (Å²) in [4.78, 5) is 0. The van der Waals surface area contributed by atoms with Crippen molar-refractivity contribution in [3.8, 4) is 0 Å². The van der Waals surface area contributed by atoms with E-state index in [4.69, 9.17) is 0 Å². The fourth-order valence-corrected chi connectivity index (χ4v) is 2.33. The Morgan fingerprint density at radius 3 is 2.45 bits per heavy atom. The van der Waals surface area contributed by atoms with Crippen molar-refractivity contribution in [3.63, 3.8) is 0 Å². The molecule has 3 nitrogen and oxygen atoms in total. The van der Waals surface area contributed by atoms with Crippen LogP contribution >= 0.6 is 10.8 Å². The largest absolute Gasteiger partial charge is 0.286 e. The highest BCUT2D eigenvalue weighted by molar-refractivity contribution is 8.22. The van der Waals surface area contributed by atoms with Crippen LogP contribution in [0.4, 0.5) is 0 Å². The van der Waals surface area contributed by atoms with Crippen LogP contribution < -0.4 is 4.72 Å². The van der Waals surface area contributed by atoms with Gasteiger partial charge < -0.3 is 0 Å². The number of hydrogen-bond donors (Lipinski definition) is 3. The van der Waals surface area contributed by atoms with Crippen LogP contribution in [0.1, 0.15) is 34.0 Å². The smallest absolute Gasteiger partial charge is 0.0500 e. The van der Waals surface area contributed by atoms with Crippen molar-refractivity contribution in [3.05, 3.63) is 0 Å². The fraction of sp³-hybridized carbons (Fsp3) is 1.00. The third-order valence-electron chi connectivity index (χ3n) is 2.11. The zero-order valence-corrected chi connectivity index (χ0v) is 7.73. The molecule has 0 aromatic carbocycles. The second-order valence-corrected chi connectivity index (χ2v) is 5.20. The van der Waals surface area contributed by atoms with E-state index in [1.54, 1.807) is 6.92 Å². The number of rotatable bonds is 3. The Morgan fingerprint density at radius 1 is 1.45 bits per heavy atom. The van der Waals surface area contributed by atoms with Gasteiger partial charge in [-0.15, -0.1) is 10.8 Å². The number of hydrogen-bond acceptors (Lipinski definition) is 3. The first-order valence-electron chi connectivity index (χ1n) is 4.17. The highest BCUT2D eigenvalue weighted by Gasteiger charge is 2.19. The van der Waals surface area contributed by atoms with Crippen LogP contribution in [0.25, 0.3) is 0 Å². The van der Waals surface area contributed by atoms with Gasteiger partial charge in [-0.2, -0.15) is 0 Å². The normalized spacial score (nSPS) is 22.5. The molecule has 0 saturated heterocycles. The Hall–Kier alpha value is 0.230. The van der Waals surface area contributed by atoms with Crippen molar-refractivity contribution in [2.24, 2.45) is 0 Å². The molecule has 0 radical (unpaired) electrons. The summed E-state index contributed by atoms with van der Waals surface area (Å²) >= 11 is 0. The Balaban J connectivity index is 0.00000121. The topological polar surface area (TPSA) is 52.5 Å². The third kappa shape index (κ3) is 2.99. The molecule has 1 aliphatic carbocycles. The number of nitrogens with one attached hydrogen (secondary N) is 1. The van der Waals surface area contributed by atoms with Gasteiger partial charge in [-0.05, 0) is 19.8 Å².